The van der Waals surface area contributed by atoms with Crippen LogP contribution in [0.2, 0.25) is 0 Å². The van der Waals surface area contributed by atoms with E-state index in [9.17, 15) is 0 Å². The molecule has 2 unspecified atom stereocenters. The van der Waals surface area contributed by atoms with Gasteiger partial charge in [0.05, 0.1) is 0 Å². The van der Waals surface area contributed by atoms with Crippen LogP contribution in [0.5, 0.6) is 0 Å². The molecule has 0 aliphatic carbocycles. The van der Waals surface area contributed by atoms with E-state index in [0.29, 0.717) is 0 Å². The van der Waals surface area contributed by atoms with Crippen LogP contribution < -0.4 is 5.32 Å². The van der Waals surface area contributed by atoms with Crippen molar-refractivity contribution >= 4 is 0 Å². The van der Waals surface area contributed by atoms with Crippen LogP contribution in [0.25, 0.3) is 0 Å². The van der Waals surface area contributed by atoms with Gasteiger partial charge in [0.1, 0.15) is 0 Å². The van der Waals surface area contributed by atoms with Gasteiger partial charge in [-0.15, -0.1) is 0 Å². The van der Waals surface area contributed by atoms with Crippen molar-refractivity contribution in [2.24, 2.45) is 0 Å². The van der Waals surface area contributed by atoms with Gasteiger partial charge < -0.3 is 5.32 Å². The molecule has 0 saturated carbocycles. The van der Waals surface area contributed by atoms with Gasteiger partial charge in [-0.25, -0.2) is 0 Å². The molecule has 1 N–H and O–H groups in total. The molecule has 0 bridgehead atoms. The lowest BCUT2D eigenvalue weighted by atomic mass is 10.0. The third-order valence-corrected chi connectivity index (χ3v) is 3.23. The topological polar surface area (TPSA) is 15.3 Å². The van der Waals surface area contributed by atoms with Gasteiger partial charge in [-0.1, -0.05) is 27.2 Å². The summed E-state index contributed by atoms with van der Waals surface area (Å²) in [7, 11) is 0. The van der Waals surface area contributed by atoms with E-state index >= 15 is 0 Å². The van der Waals surface area contributed by atoms with Crippen molar-refractivity contribution in [1.29, 1.82) is 0 Å². The highest BCUT2D eigenvalue weighted by Crippen LogP contribution is 2.13. The second kappa shape index (κ2) is 6.41. The van der Waals surface area contributed by atoms with Crippen LogP contribution in [0.4, 0.5) is 0 Å². The first-order valence-electron chi connectivity index (χ1n) is 6.29. The van der Waals surface area contributed by atoms with Crippen LogP contribution in [-0.2, 0) is 0 Å². The normalized spacial score (nSPS) is 29.4. The number of nitrogens with one attached hydrogen (secondary N) is 1. The number of rotatable bonds is 5. The zero-order valence-corrected chi connectivity index (χ0v) is 10.1. The van der Waals surface area contributed by atoms with Crippen molar-refractivity contribution < 1.29 is 0 Å². The van der Waals surface area contributed by atoms with Crippen LogP contribution in [-0.4, -0.2) is 36.6 Å². The maximum Gasteiger partial charge on any atom is 0.0218 e. The van der Waals surface area contributed by atoms with Crippen LogP contribution in [0.1, 0.15) is 46.5 Å². The smallest absolute Gasteiger partial charge is 0.0218 e. The first-order valence-corrected chi connectivity index (χ1v) is 6.29. The second-order valence-electron chi connectivity index (χ2n) is 4.45. The van der Waals surface area contributed by atoms with Crippen molar-refractivity contribution in [3.63, 3.8) is 0 Å². The summed E-state index contributed by atoms with van der Waals surface area (Å²) in [5.41, 5.74) is 0. The van der Waals surface area contributed by atoms with Crippen molar-refractivity contribution in [1.82, 2.24) is 10.2 Å². The average Bonchev–Trinajstić information content (AvgIpc) is 2.19. The molecule has 14 heavy (non-hydrogen) atoms. The summed E-state index contributed by atoms with van der Waals surface area (Å²) < 4.78 is 0. The van der Waals surface area contributed by atoms with Gasteiger partial charge in [-0.05, 0) is 25.8 Å². The predicted octanol–water partition coefficient (Wildman–Crippen LogP) is 2.25. The summed E-state index contributed by atoms with van der Waals surface area (Å²) in [6.07, 6.45) is 5.20. The Hall–Kier alpha value is -0.0800. The Bertz CT molecular complexity index is 147. The lowest BCUT2D eigenvalue weighted by Crippen LogP contribution is -2.56. The average molecular weight is 198 g/mol. The predicted molar refractivity (Wildman–Crippen MR) is 62.6 cm³/mol. The molecule has 0 aromatic rings. The first kappa shape index (κ1) is 12.0. The van der Waals surface area contributed by atoms with Crippen LogP contribution in [0.15, 0.2) is 0 Å². The minimum Gasteiger partial charge on any atom is -0.311 e. The van der Waals surface area contributed by atoms with Crippen molar-refractivity contribution in [3.05, 3.63) is 0 Å². The molecule has 0 aromatic heterocycles. The fourth-order valence-corrected chi connectivity index (χ4v) is 2.43. The largest absolute Gasteiger partial charge is 0.311 e. The van der Waals surface area contributed by atoms with E-state index in [-0.39, 0.29) is 0 Å². The Kier molecular flexibility index (Phi) is 5.49. The minimum atomic E-state index is 0.745. The highest BCUT2D eigenvalue weighted by atomic mass is 15.2. The highest BCUT2D eigenvalue weighted by Gasteiger charge is 2.24. The summed E-state index contributed by atoms with van der Waals surface area (Å²) in [5, 5.41) is 3.67. The lowest BCUT2D eigenvalue weighted by molar-refractivity contribution is 0.123. The Morgan fingerprint density at radius 3 is 2.57 bits per heavy atom. The van der Waals surface area contributed by atoms with Crippen LogP contribution >= 0.6 is 0 Å². The molecule has 0 amide bonds. The molecule has 0 spiro atoms. The molecule has 1 aliphatic rings. The van der Waals surface area contributed by atoms with E-state index in [0.717, 1.165) is 12.1 Å². The van der Waals surface area contributed by atoms with Gasteiger partial charge >= 0.3 is 0 Å². The fourth-order valence-electron chi connectivity index (χ4n) is 2.43. The molecule has 1 heterocycles. The third-order valence-electron chi connectivity index (χ3n) is 3.23. The van der Waals surface area contributed by atoms with Gasteiger partial charge in [0.15, 0.2) is 0 Å². The van der Waals surface area contributed by atoms with Gasteiger partial charge in [0, 0.05) is 25.2 Å². The third kappa shape index (κ3) is 3.25. The maximum absolute atomic E-state index is 3.67. The van der Waals surface area contributed by atoms with Crippen molar-refractivity contribution in [3.8, 4) is 0 Å². The molecule has 1 rings (SSSR count). The summed E-state index contributed by atoms with van der Waals surface area (Å²) in [5.74, 6) is 0. The van der Waals surface area contributed by atoms with Crippen LogP contribution in [0.3, 0.4) is 0 Å². The Morgan fingerprint density at radius 2 is 2.00 bits per heavy atom. The van der Waals surface area contributed by atoms with E-state index in [4.69, 9.17) is 0 Å². The van der Waals surface area contributed by atoms with Gasteiger partial charge in [0.2, 0.25) is 0 Å². The zero-order chi connectivity index (χ0) is 10.4. The Labute approximate surface area is 89.1 Å². The molecular weight excluding hydrogens is 172 g/mol. The Balaban J connectivity index is 2.39. The molecule has 1 aliphatic heterocycles. The van der Waals surface area contributed by atoms with Crippen molar-refractivity contribution in [2.75, 3.05) is 19.6 Å². The molecule has 1 saturated heterocycles. The monoisotopic (exact) mass is 198 g/mol. The molecule has 2 heteroatoms. The lowest BCUT2D eigenvalue weighted by Gasteiger charge is -2.40. The molecule has 1 fully saturated rings. The number of piperazine rings is 1. The van der Waals surface area contributed by atoms with Gasteiger partial charge in [-0.2, -0.15) is 0 Å². The van der Waals surface area contributed by atoms with E-state index in [2.05, 4.69) is 31.0 Å². The molecule has 0 aromatic carbocycles. The first-order chi connectivity index (χ1) is 6.81. The fraction of sp³-hybridized carbons (Fsp3) is 1.00. The zero-order valence-electron chi connectivity index (χ0n) is 10.1. The molecule has 2 atom stereocenters. The van der Waals surface area contributed by atoms with Crippen molar-refractivity contribution in [2.45, 2.75) is 58.5 Å². The molecule has 84 valence electrons. The van der Waals surface area contributed by atoms with Crippen LogP contribution in [0, 0.1) is 0 Å². The summed E-state index contributed by atoms with van der Waals surface area (Å²) in [4.78, 5) is 2.68. The van der Waals surface area contributed by atoms with E-state index in [1.165, 1.54) is 45.3 Å². The molecule has 2 nitrogen and oxygen atoms in total. The molecular formula is C12H26N2. The van der Waals surface area contributed by atoms with E-state index < -0.39 is 0 Å². The summed E-state index contributed by atoms with van der Waals surface area (Å²) in [6.45, 7) is 10.6. The number of nitrogens with zero attached hydrogens (tertiary/aromatic N) is 1. The Morgan fingerprint density at radius 1 is 1.21 bits per heavy atom. The standard InChI is InChI=1S/C12H26N2/c1-4-7-11-10-14(8-5-2)12(6-3)9-13-11/h11-13H,4-10H2,1-3H3. The summed E-state index contributed by atoms with van der Waals surface area (Å²) in [6, 6.07) is 1.53. The van der Waals surface area contributed by atoms with E-state index in [1.54, 1.807) is 0 Å². The number of hydrogen-bond acceptors (Lipinski definition) is 2. The quantitative estimate of drug-likeness (QED) is 0.729. The maximum atomic E-state index is 3.67. The van der Waals surface area contributed by atoms with Gasteiger partial charge in [0.25, 0.3) is 0 Å². The SMILES string of the molecule is CCCC1CN(CCC)C(CC)CN1. The second-order valence-corrected chi connectivity index (χ2v) is 4.45. The summed E-state index contributed by atoms with van der Waals surface area (Å²) >= 11 is 0. The van der Waals surface area contributed by atoms with Gasteiger partial charge in [-0.3, -0.25) is 4.90 Å². The minimum absolute atomic E-state index is 0.745. The number of hydrogen-bond donors (Lipinski definition) is 1. The highest BCUT2D eigenvalue weighted by molar-refractivity contribution is 4.84. The molecule has 0 radical (unpaired) electrons. The van der Waals surface area contributed by atoms with E-state index in [1.807, 2.05) is 0 Å².